The summed E-state index contributed by atoms with van der Waals surface area (Å²) in [6, 6.07) is 4.05. The van der Waals surface area contributed by atoms with Crippen LogP contribution in [0.3, 0.4) is 0 Å². The molecule has 0 aliphatic heterocycles. The van der Waals surface area contributed by atoms with E-state index in [0.29, 0.717) is 0 Å². The Morgan fingerprint density at radius 2 is 2.07 bits per heavy atom. The van der Waals surface area contributed by atoms with Gasteiger partial charge < -0.3 is 5.11 Å². The second-order valence-corrected chi connectivity index (χ2v) is 4.09. The highest BCUT2D eigenvalue weighted by molar-refractivity contribution is 5.87. The molecular formula is C11H11FO2. The Balaban J connectivity index is 2.47. The first kappa shape index (κ1) is 9.19. The maximum Gasteiger partial charge on any atom is 0.335 e. The Bertz CT molecular complexity index is 394. The standard InChI is InChI=1S/C11H11FO2/c1-11(2-3-11)8-4-7(10(13)14)5-9(12)6-8/h4-6H,2-3H2,1H3,(H,13,14). The minimum atomic E-state index is -1.07. The van der Waals surface area contributed by atoms with Crippen LogP contribution in [0.4, 0.5) is 4.39 Å². The van der Waals surface area contributed by atoms with Crippen molar-refractivity contribution in [2.45, 2.75) is 25.2 Å². The molecule has 2 rings (SSSR count). The maximum atomic E-state index is 13.1. The van der Waals surface area contributed by atoms with E-state index >= 15 is 0 Å². The van der Waals surface area contributed by atoms with Crippen molar-refractivity contribution >= 4 is 5.97 Å². The zero-order valence-electron chi connectivity index (χ0n) is 7.88. The fourth-order valence-electron chi connectivity index (χ4n) is 1.54. The van der Waals surface area contributed by atoms with Gasteiger partial charge in [-0.2, -0.15) is 0 Å². The van der Waals surface area contributed by atoms with Crippen molar-refractivity contribution in [2.75, 3.05) is 0 Å². The Morgan fingerprint density at radius 3 is 2.57 bits per heavy atom. The molecule has 0 atom stereocenters. The quantitative estimate of drug-likeness (QED) is 0.785. The van der Waals surface area contributed by atoms with Crippen molar-refractivity contribution < 1.29 is 14.3 Å². The van der Waals surface area contributed by atoms with Crippen molar-refractivity contribution in [2.24, 2.45) is 0 Å². The topological polar surface area (TPSA) is 37.3 Å². The summed E-state index contributed by atoms with van der Waals surface area (Å²) in [6.07, 6.45) is 2.02. The number of carbonyl (C=O) groups is 1. The first-order valence-corrected chi connectivity index (χ1v) is 4.56. The van der Waals surface area contributed by atoms with E-state index in [1.165, 1.54) is 6.07 Å². The van der Waals surface area contributed by atoms with E-state index in [9.17, 15) is 9.18 Å². The number of hydrogen-bond acceptors (Lipinski definition) is 1. The normalized spacial score (nSPS) is 17.9. The number of carboxylic acid groups (broad SMARTS) is 1. The predicted molar refractivity (Wildman–Crippen MR) is 49.9 cm³/mol. The van der Waals surface area contributed by atoms with Gasteiger partial charge in [0.05, 0.1) is 5.56 Å². The van der Waals surface area contributed by atoms with E-state index in [1.807, 2.05) is 6.92 Å². The molecule has 1 aliphatic carbocycles. The molecule has 0 amide bonds. The van der Waals surface area contributed by atoms with Gasteiger partial charge in [0, 0.05) is 0 Å². The SMILES string of the molecule is CC1(c2cc(F)cc(C(=O)O)c2)CC1. The molecule has 1 fully saturated rings. The number of halogens is 1. The Labute approximate surface area is 81.4 Å². The molecule has 14 heavy (non-hydrogen) atoms. The Morgan fingerprint density at radius 1 is 1.43 bits per heavy atom. The minimum absolute atomic E-state index is 0.00625. The largest absolute Gasteiger partial charge is 0.478 e. The van der Waals surface area contributed by atoms with Gasteiger partial charge in [-0.15, -0.1) is 0 Å². The highest BCUT2D eigenvalue weighted by Crippen LogP contribution is 2.47. The summed E-state index contributed by atoms with van der Waals surface area (Å²) in [5.74, 6) is -1.54. The summed E-state index contributed by atoms with van der Waals surface area (Å²) in [5.41, 5.74) is 0.842. The number of aromatic carboxylic acids is 1. The van der Waals surface area contributed by atoms with Gasteiger partial charge in [0.15, 0.2) is 0 Å². The first-order chi connectivity index (χ1) is 6.51. The van der Waals surface area contributed by atoms with Crippen molar-refractivity contribution in [1.82, 2.24) is 0 Å². The molecular weight excluding hydrogens is 183 g/mol. The van der Waals surface area contributed by atoms with E-state index in [2.05, 4.69) is 0 Å². The third-order valence-electron chi connectivity index (χ3n) is 2.84. The average Bonchev–Trinajstić information content (AvgIpc) is 2.84. The summed E-state index contributed by atoms with van der Waals surface area (Å²) in [7, 11) is 0. The third-order valence-corrected chi connectivity index (χ3v) is 2.84. The summed E-state index contributed by atoms with van der Waals surface area (Å²) < 4.78 is 13.1. The lowest BCUT2D eigenvalue weighted by Crippen LogP contribution is -2.05. The smallest absolute Gasteiger partial charge is 0.335 e. The molecule has 0 saturated heterocycles. The molecule has 2 nitrogen and oxygen atoms in total. The zero-order valence-corrected chi connectivity index (χ0v) is 7.88. The fraction of sp³-hybridized carbons (Fsp3) is 0.364. The molecule has 0 heterocycles. The highest BCUT2D eigenvalue weighted by atomic mass is 19.1. The summed E-state index contributed by atoms with van der Waals surface area (Å²) in [5, 5.41) is 8.75. The minimum Gasteiger partial charge on any atom is -0.478 e. The summed E-state index contributed by atoms with van der Waals surface area (Å²) in [4.78, 5) is 10.7. The van der Waals surface area contributed by atoms with E-state index in [4.69, 9.17) is 5.11 Å². The summed E-state index contributed by atoms with van der Waals surface area (Å²) >= 11 is 0. The molecule has 0 spiro atoms. The van der Waals surface area contributed by atoms with Crippen LogP contribution in [-0.2, 0) is 5.41 Å². The summed E-state index contributed by atoms with van der Waals surface area (Å²) in [6.45, 7) is 2.02. The molecule has 74 valence electrons. The van der Waals surface area contributed by atoms with Crippen LogP contribution in [-0.4, -0.2) is 11.1 Å². The van der Waals surface area contributed by atoms with Crippen LogP contribution < -0.4 is 0 Å². The van der Waals surface area contributed by atoms with Crippen LogP contribution in [0.25, 0.3) is 0 Å². The second kappa shape index (κ2) is 2.80. The van der Waals surface area contributed by atoms with Gasteiger partial charge in [-0.3, -0.25) is 0 Å². The molecule has 1 saturated carbocycles. The van der Waals surface area contributed by atoms with Gasteiger partial charge in [-0.05, 0) is 42.0 Å². The van der Waals surface area contributed by atoms with Crippen LogP contribution in [0.2, 0.25) is 0 Å². The van der Waals surface area contributed by atoms with Gasteiger partial charge in [-0.1, -0.05) is 6.92 Å². The van der Waals surface area contributed by atoms with Crippen LogP contribution in [0, 0.1) is 5.82 Å². The highest BCUT2D eigenvalue weighted by Gasteiger charge is 2.39. The van der Waals surface area contributed by atoms with Crippen molar-refractivity contribution in [3.8, 4) is 0 Å². The lowest BCUT2D eigenvalue weighted by Gasteiger charge is -2.09. The Hall–Kier alpha value is -1.38. The van der Waals surface area contributed by atoms with E-state index in [-0.39, 0.29) is 11.0 Å². The van der Waals surface area contributed by atoms with Crippen LogP contribution in [0.15, 0.2) is 18.2 Å². The third kappa shape index (κ3) is 1.50. The molecule has 1 aromatic carbocycles. The Kier molecular flexibility index (Phi) is 1.84. The lowest BCUT2D eigenvalue weighted by molar-refractivity contribution is 0.0696. The number of benzene rings is 1. The molecule has 3 heteroatoms. The van der Waals surface area contributed by atoms with Gasteiger partial charge >= 0.3 is 5.97 Å². The average molecular weight is 194 g/mol. The number of rotatable bonds is 2. The van der Waals surface area contributed by atoms with E-state index < -0.39 is 11.8 Å². The fourth-order valence-corrected chi connectivity index (χ4v) is 1.54. The van der Waals surface area contributed by atoms with Gasteiger partial charge in [0.1, 0.15) is 5.82 Å². The van der Waals surface area contributed by atoms with Crippen molar-refractivity contribution in [3.05, 3.63) is 35.1 Å². The van der Waals surface area contributed by atoms with Crippen LogP contribution in [0.1, 0.15) is 35.7 Å². The molecule has 0 bridgehead atoms. The molecule has 1 aliphatic rings. The first-order valence-electron chi connectivity index (χ1n) is 4.56. The maximum absolute atomic E-state index is 13.1. The van der Waals surface area contributed by atoms with E-state index in [1.54, 1.807) is 6.07 Å². The number of carboxylic acids is 1. The number of hydrogen-bond donors (Lipinski definition) is 1. The lowest BCUT2D eigenvalue weighted by atomic mass is 9.96. The molecule has 1 aromatic rings. The molecule has 0 unspecified atom stereocenters. The molecule has 1 N–H and O–H groups in total. The molecule has 0 radical (unpaired) electrons. The predicted octanol–water partition coefficient (Wildman–Crippen LogP) is 2.58. The van der Waals surface area contributed by atoms with Crippen molar-refractivity contribution in [3.63, 3.8) is 0 Å². The van der Waals surface area contributed by atoms with Crippen molar-refractivity contribution in [1.29, 1.82) is 0 Å². The van der Waals surface area contributed by atoms with Crippen LogP contribution in [0.5, 0.6) is 0 Å². The molecule has 0 aromatic heterocycles. The zero-order chi connectivity index (χ0) is 10.3. The van der Waals surface area contributed by atoms with Crippen LogP contribution >= 0.6 is 0 Å². The second-order valence-electron chi connectivity index (χ2n) is 4.09. The van der Waals surface area contributed by atoms with Gasteiger partial charge in [0.2, 0.25) is 0 Å². The van der Waals surface area contributed by atoms with Gasteiger partial charge in [-0.25, -0.2) is 9.18 Å². The van der Waals surface area contributed by atoms with E-state index in [0.717, 1.165) is 24.5 Å². The van der Waals surface area contributed by atoms with Gasteiger partial charge in [0.25, 0.3) is 0 Å². The monoisotopic (exact) mass is 194 g/mol.